The average molecular weight is 489 g/mol. The predicted molar refractivity (Wildman–Crippen MR) is 142 cm³/mol. The maximum Gasteiger partial charge on any atom is 0.514 e. The third-order valence-corrected chi connectivity index (χ3v) is 6.36. The number of hydrogen-bond donors (Lipinski definition) is 2. The number of aliphatic imine (C=N–C) groups is 2. The molecular formula is C25H44BN5O4. The molecule has 0 saturated carbocycles. The second-order valence-corrected chi connectivity index (χ2v) is 11.0. The van der Waals surface area contributed by atoms with E-state index in [2.05, 4.69) is 29.2 Å². The Hall–Kier alpha value is -2.33. The van der Waals surface area contributed by atoms with Gasteiger partial charge in [0, 0.05) is 0 Å². The zero-order valence-corrected chi connectivity index (χ0v) is 23.2. The van der Waals surface area contributed by atoms with Crippen LogP contribution in [0.5, 0.6) is 0 Å². The number of allylic oxidation sites excluding steroid dienone is 2. The second kappa shape index (κ2) is 11.2. The van der Waals surface area contributed by atoms with Crippen LogP contribution in [0.25, 0.3) is 0 Å². The molecule has 2 rings (SSSR count). The van der Waals surface area contributed by atoms with Gasteiger partial charge in [-0.15, -0.1) is 0 Å². The molecule has 2 N–H and O–H groups in total. The van der Waals surface area contributed by atoms with Crippen LogP contribution in [0.2, 0.25) is 0 Å². The number of guanidine groups is 1. The van der Waals surface area contributed by atoms with Crippen molar-refractivity contribution in [1.82, 2.24) is 15.8 Å². The largest absolute Gasteiger partial charge is 0.514 e. The van der Waals surface area contributed by atoms with Crippen molar-refractivity contribution >= 4 is 25.4 Å². The van der Waals surface area contributed by atoms with Gasteiger partial charge in [-0.3, -0.25) is 10.4 Å². The molecule has 10 heteroatoms. The molecule has 0 aliphatic carbocycles. The Morgan fingerprint density at radius 2 is 1.91 bits per heavy atom. The first kappa shape index (κ1) is 28.9. The van der Waals surface area contributed by atoms with E-state index in [-0.39, 0.29) is 12.1 Å². The Labute approximate surface area is 211 Å². The van der Waals surface area contributed by atoms with Crippen molar-refractivity contribution in [3.05, 3.63) is 23.9 Å². The maximum absolute atomic E-state index is 12.4. The van der Waals surface area contributed by atoms with E-state index in [1.807, 2.05) is 68.4 Å². The molecule has 2 unspecified atom stereocenters. The highest BCUT2D eigenvalue weighted by Crippen LogP contribution is 2.39. The highest BCUT2D eigenvalue weighted by Gasteiger charge is 2.53. The first-order valence-corrected chi connectivity index (χ1v) is 12.5. The van der Waals surface area contributed by atoms with E-state index in [1.54, 1.807) is 11.2 Å². The van der Waals surface area contributed by atoms with Crippen molar-refractivity contribution in [1.29, 1.82) is 0 Å². The zero-order valence-electron chi connectivity index (χ0n) is 23.2. The number of amides is 1. The van der Waals surface area contributed by atoms with Crippen LogP contribution in [0, 0.1) is 0 Å². The molecule has 1 fully saturated rings. The van der Waals surface area contributed by atoms with E-state index in [1.165, 1.54) is 0 Å². The molecule has 2 aliphatic rings. The van der Waals surface area contributed by atoms with E-state index in [9.17, 15) is 4.79 Å². The molecule has 9 nitrogen and oxygen atoms in total. The van der Waals surface area contributed by atoms with Crippen molar-refractivity contribution in [2.45, 2.75) is 117 Å². The number of alkyl carbamates (subject to hydrolysis) is 1. The van der Waals surface area contributed by atoms with E-state index in [0.29, 0.717) is 18.1 Å². The van der Waals surface area contributed by atoms with Gasteiger partial charge in [0.05, 0.1) is 40.8 Å². The lowest BCUT2D eigenvalue weighted by molar-refractivity contribution is 0.00578. The molecule has 2 atom stereocenters. The minimum Gasteiger partial charge on any atom is -0.444 e. The van der Waals surface area contributed by atoms with Gasteiger partial charge in [-0.2, -0.15) is 0 Å². The molecule has 1 saturated heterocycles. The third kappa shape index (κ3) is 7.33. The summed E-state index contributed by atoms with van der Waals surface area (Å²) in [4.78, 5) is 21.8. The van der Waals surface area contributed by atoms with E-state index in [0.717, 1.165) is 18.4 Å². The number of hydrazine groups is 1. The normalized spacial score (nSPS) is 22.7. The van der Waals surface area contributed by atoms with E-state index >= 15 is 0 Å². The molecule has 196 valence electrons. The lowest BCUT2D eigenvalue weighted by Crippen LogP contribution is -2.49. The Bertz CT molecular complexity index is 860. The van der Waals surface area contributed by atoms with Crippen LogP contribution in [0.4, 0.5) is 4.79 Å². The van der Waals surface area contributed by atoms with Crippen LogP contribution in [-0.2, 0) is 14.0 Å². The van der Waals surface area contributed by atoms with Gasteiger partial charge in [-0.1, -0.05) is 32.9 Å². The fourth-order valence-corrected chi connectivity index (χ4v) is 3.76. The van der Waals surface area contributed by atoms with Crippen LogP contribution in [0.15, 0.2) is 33.9 Å². The summed E-state index contributed by atoms with van der Waals surface area (Å²) in [6.07, 6.45) is 5.54. The summed E-state index contributed by atoms with van der Waals surface area (Å²) in [7, 11) is -0.578. The zero-order chi connectivity index (χ0) is 26.6. The SMILES string of the molecule is C=C1C=NC(=NC(CCC)C(CC)NC(=O)OC(C)(C)C)NN1/C(=C\C)B1OC(C)(C)C(C)(C)O1. The Morgan fingerprint density at radius 1 is 1.31 bits per heavy atom. The van der Waals surface area contributed by atoms with Crippen molar-refractivity contribution in [2.24, 2.45) is 9.98 Å². The predicted octanol–water partition coefficient (Wildman–Crippen LogP) is 4.75. The monoisotopic (exact) mass is 489 g/mol. The smallest absolute Gasteiger partial charge is 0.444 e. The number of hydrogen-bond acceptors (Lipinski definition) is 6. The highest BCUT2D eigenvalue weighted by atomic mass is 16.7. The Kier molecular flexibility index (Phi) is 9.22. The molecule has 1 amide bonds. The summed E-state index contributed by atoms with van der Waals surface area (Å²) in [5.74, 6) is 0.427. The minimum atomic E-state index is -0.578. The van der Waals surface area contributed by atoms with Gasteiger partial charge in [0.1, 0.15) is 5.60 Å². The standard InChI is InChI=1S/C25H44BN5O4/c1-12-15-19(18(13-2)29-22(32)33-23(5,6)7)28-21-27-16-17(4)31(30-21)20(14-3)26-34-24(8,9)25(10,11)35-26/h14,16,18-19H,4,12-13,15H2,1-3,5-11H3,(H,28,30)(H,29,32)/b20-14-. The third-order valence-electron chi connectivity index (χ3n) is 6.36. The lowest BCUT2D eigenvalue weighted by Gasteiger charge is -2.33. The number of nitrogens with zero attached hydrogens (tertiary/aromatic N) is 3. The van der Waals surface area contributed by atoms with Crippen LogP contribution in [0.3, 0.4) is 0 Å². The Morgan fingerprint density at radius 3 is 2.40 bits per heavy atom. The average Bonchev–Trinajstić information content (AvgIpc) is 2.94. The topological polar surface area (TPSA) is 96.8 Å². The van der Waals surface area contributed by atoms with Gasteiger partial charge < -0.3 is 19.4 Å². The van der Waals surface area contributed by atoms with Crippen LogP contribution < -0.4 is 10.7 Å². The Balaban J connectivity index is 2.25. The summed E-state index contributed by atoms with van der Waals surface area (Å²) < 4.78 is 18.0. The van der Waals surface area contributed by atoms with Crippen LogP contribution in [0.1, 0.15) is 88.5 Å². The quantitative estimate of drug-likeness (QED) is 0.478. The summed E-state index contributed by atoms with van der Waals surface area (Å²) >= 11 is 0. The molecule has 0 aromatic rings. The van der Waals surface area contributed by atoms with Gasteiger partial charge in [0.2, 0.25) is 5.96 Å². The van der Waals surface area contributed by atoms with Crippen molar-refractivity contribution in [3.63, 3.8) is 0 Å². The molecule has 2 aliphatic heterocycles. The van der Waals surface area contributed by atoms with Gasteiger partial charge in [0.25, 0.3) is 0 Å². The number of ether oxygens (including phenoxy) is 1. The molecule has 0 radical (unpaired) electrons. The van der Waals surface area contributed by atoms with Gasteiger partial charge in [0.15, 0.2) is 0 Å². The van der Waals surface area contributed by atoms with Crippen molar-refractivity contribution in [2.75, 3.05) is 0 Å². The molecule has 0 bridgehead atoms. The summed E-state index contributed by atoms with van der Waals surface area (Å²) in [6.45, 7) is 23.8. The number of rotatable bonds is 8. The minimum absolute atomic E-state index is 0.184. The fourth-order valence-electron chi connectivity index (χ4n) is 3.76. The van der Waals surface area contributed by atoms with Gasteiger partial charge in [-0.25, -0.2) is 14.8 Å². The number of nitrogens with one attached hydrogen (secondary N) is 2. The summed E-state index contributed by atoms with van der Waals surface area (Å²) in [5, 5.41) is 4.77. The maximum atomic E-state index is 12.4. The number of carbonyl (C=O) groups is 1. The summed E-state index contributed by atoms with van der Waals surface area (Å²) in [5.41, 5.74) is 3.15. The van der Waals surface area contributed by atoms with Crippen LogP contribution >= 0.6 is 0 Å². The van der Waals surface area contributed by atoms with Crippen molar-refractivity contribution in [3.8, 4) is 0 Å². The molecular weight excluding hydrogens is 445 g/mol. The highest BCUT2D eigenvalue weighted by molar-refractivity contribution is 6.54. The first-order chi connectivity index (χ1) is 16.1. The fraction of sp³-hybridized carbons (Fsp3) is 0.720. The van der Waals surface area contributed by atoms with E-state index < -0.39 is 30.0 Å². The molecule has 0 aromatic heterocycles. The van der Waals surface area contributed by atoms with Crippen LogP contribution in [-0.4, -0.2) is 59.3 Å². The molecule has 35 heavy (non-hydrogen) atoms. The molecule has 0 aromatic carbocycles. The van der Waals surface area contributed by atoms with Gasteiger partial charge in [-0.05, 0) is 68.2 Å². The second-order valence-electron chi connectivity index (χ2n) is 11.0. The van der Waals surface area contributed by atoms with Gasteiger partial charge >= 0.3 is 13.2 Å². The molecule has 2 heterocycles. The molecule has 0 spiro atoms. The van der Waals surface area contributed by atoms with Crippen molar-refractivity contribution < 1.29 is 18.8 Å². The first-order valence-electron chi connectivity index (χ1n) is 12.5. The van der Waals surface area contributed by atoms with E-state index in [4.69, 9.17) is 19.0 Å². The summed E-state index contributed by atoms with van der Waals surface area (Å²) in [6, 6.07) is -0.381. The lowest BCUT2D eigenvalue weighted by atomic mass is 9.83. The number of carbonyl (C=O) groups excluding carboxylic acids is 1.